The molecule has 2 rings (SSSR count). The van der Waals surface area contributed by atoms with Crippen LogP contribution in [0.3, 0.4) is 0 Å². The van der Waals surface area contributed by atoms with E-state index in [1.165, 1.54) is 0 Å². The topological polar surface area (TPSA) is 69.7 Å². The maximum Gasteiger partial charge on any atom is 0.236 e. The van der Waals surface area contributed by atoms with Gasteiger partial charge in [0, 0.05) is 32.2 Å². The van der Waals surface area contributed by atoms with Crippen LogP contribution in [-0.2, 0) is 14.6 Å². The largest absolute Gasteiger partial charge is 0.340 e. The van der Waals surface area contributed by atoms with E-state index in [4.69, 9.17) is 0 Å². The third kappa shape index (κ3) is 4.15. The number of rotatable bonds is 3. The molecule has 2 aliphatic rings. The highest BCUT2D eigenvalue weighted by atomic mass is 32.2. The molecule has 0 aromatic carbocycles. The summed E-state index contributed by atoms with van der Waals surface area (Å²) in [6.07, 6.45) is 2.15. The second-order valence-corrected chi connectivity index (χ2v) is 7.70. The first-order chi connectivity index (χ1) is 9.00. The lowest BCUT2D eigenvalue weighted by atomic mass is 10.1. The van der Waals surface area contributed by atoms with Gasteiger partial charge in [-0.05, 0) is 19.9 Å². The fourth-order valence-electron chi connectivity index (χ4n) is 2.64. The first kappa shape index (κ1) is 14.7. The lowest BCUT2D eigenvalue weighted by molar-refractivity contribution is -0.133. The van der Waals surface area contributed by atoms with Crippen LogP contribution < -0.4 is 5.32 Å². The molecule has 1 atom stereocenters. The highest BCUT2D eigenvalue weighted by Gasteiger charge is 2.27. The molecule has 110 valence electrons. The summed E-state index contributed by atoms with van der Waals surface area (Å²) in [5.74, 6) is 0.484. The standard InChI is InChI=1S/C12H23N3O3S/c1-13-11-3-2-4-15(9-11)12(16)10-14-5-7-19(17,18)8-6-14/h11,13H,2-10H2,1H3. The lowest BCUT2D eigenvalue weighted by Crippen LogP contribution is -2.51. The Balaban J connectivity index is 1.81. The van der Waals surface area contributed by atoms with Gasteiger partial charge in [0.2, 0.25) is 5.91 Å². The normalized spacial score (nSPS) is 28.3. The van der Waals surface area contributed by atoms with Gasteiger partial charge >= 0.3 is 0 Å². The molecule has 0 bridgehead atoms. The Kier molecular flexibility index (Phi) is 4.81. The van der Waals surface area contributed by atoms with Crippen LogP contribution in [0.4, 0.5) is 0 Å². The molecule has 1 amide bonds. The highest BCUT2D eigenvalue weighted by Crippen LogP contribution is 2.11. The molecule has 0 saturated carbocycles. The summed E-state index contributed by atoms with van der Waals surface area (Å²) in [7, 11) is -0.941. The van der Waals surface area contributed by atoms with Crippen molar-refractivity contribution in [2.24, 2.45) is 0 Å². The van der Waals surface area contributed by atoms with Gasteiger partial charge in [-0.3, -0.25) is 9.69 Å². The van der Waals surface area contributed by atoms with Crippen LogP contribution in [0.5, 0.6) is 0 Å². The van der Waals surface area contributed by atoms with Gasteiger partial charge < -0.3 is 10.2 Å². The number of nitrogens with zero attached hydrogens (tertiary/aromatic N) is 2. The number of piperidine rings is 1. The molecule has 0 aromatic rings. The lowest BCUT2D eigenvalue weighted by Gasteiger charge is -2.34. The molecular weight excluding hydrogens is 266 g/mol. The molecule has 2 saturated heterocycles. The fraction of sp³-hybridized carbons (Fsp3) is 0.917. The van der Waals surface area contributed by atoms with Crippen LogP contribution in [0.25, 0.3) is 0 Å². The second kappa shape index (κ2) is 6.19. The van der Waals surface area contributed by atoms with Crippen LogP contribution in [-0.4, -0.2) is 81.4 Å². The van der Waals surface area contributed by atoms with E-state index < -0.39 is 9.84 Å². The van der Waals surface area contributed by atoms with Crippen molar-refractivity contribution in [2.45, 2.75) is 18.9 Å². The van der Waals surface area contributed by atoms with Crippen LogP contribution in [0, 0.1) is 0 Å². The number of hydrogen-bond donors (Lipinski definition) is 1. The Labute approximate surface area is 115 Å². The Morgan fingerprint density at radius 1 is 1.26 bits per heavy atom. The summed E-state index contributed by atoms with van der Waals surface area (Å²) < 4.78 is 22.7. The van der Waals surface area contributed by atoms with E-state index in [1.807, 2.05) is 16.8 Å². The molecule has 7 heteroatoms. The molecular formula is C12H23N3O3S. The number of carbonyl (C=O) groups is 1. The van der Waals surface area contributed by atoms with Crippen LogP contribution in [0.2, 0.25) is 0 Å². The van der Waals surface area contributed by atoms with Gasteiger partial charge in [-0.25, -0.2) is 8.42 Å². The van der Waals surface area contributed by atoms with Gasteiger partial charge in [-0.1, -0.05) is 0 Å². The molecule has 2 fully saturated rings. The zero-order chi connectivity index (χ0) is 13.9. The first-order valence-corrected chi connectivity index (χ1v) is 8.70. The first-order valence-electron chi connectivity index (χ1n) is 6.88. The van der Waals surface area contributed by atoms with Gasteiger partial charge in [0.15, 0.2) is 9.84 Å². The summed E-state index contributed by atoms with van der Waals surface area (Å²) in [5.41, 5.74) is 0. The summed E-state index contributed by atoms with van der Waals surface area (Å²) in [6, 6.07) is 0.388. The number of carbonyl (C=O) groups excluding carboxylic acids is 1. The van der Waals surface area contributed by atoms with Crippen molar-refractivity contribution < 1.29 is 13.2 Å². The quantitative estimate of drug-likeness (QED) is 0.716. The summed E-state index contributed by atoms with van der Waals surface area (Å²) in [6.45, 7) is 2.91. The summed E-state index contributed by atoms with van der Waals surface area (Å²) in [5, 5.41) is 3.22. The minimum absolute atomic E-state index is 0.124. The average molecular weight is 289 g/mol. The van der Waals surface area contributed by atoms with Crippen molar-refractivity contribution in [3.63, 3.8) is 0 Å². The molecule has 0 radical (unpaired) electrons. The number of hydrogen-bond acceptors (Lipinski definition) is 5. The molecule has 1 unspecified atom stereocenters. The second-order valence-electron chi connectivity index (χ2n) is 5.40. The fourth-order valence-corrected chi connectivity index (χ4v) is 3.92. The van der Waals surface area contributed by atoms with Gasteiger partial charge in [-0.15, -0.1) is 0 Å². The van der Waals surface area contributed by atoms with E-state index in [9.17, 15) is 13.2 Å². The Bertz CT molecular complexity index is 410. The minimum Gasteiger partial charge on any atom is -0.340 e. The van der Waals surface area contributed by atoms with E-state index in [1.54, 1.807) is 0 Å². The predicted molar refractivity (Wildman–Crippen MR) is 73.8 cm³/mol. The summed E-state index contributed by atoms with van der Waals surface area (Å²) in [4.78, 5) is 16.0. The highest BCUT2D eigenvalue weighted by molar-refractivity contribution is 7.91. The van der Waals surface area contributed by atoms with Crippen LogP contribution >= 0.6 is 0 Å². The molecule has 1 N–H and O–H groups in total. The van der Waals surface area contributed by atoms with Gasteiger partial charge in [0.05, 0.1) is 18.1 Å². The summed E-state index contributed by atoms with van der Waals surface area (Å²) >= 11 is 0. The molecule has 6 nitrogen and oxygen atoms in total. The molecule has 19 heavy (non-hydrogen) atoms. The minimum atomic E-state index is -2.87. The molecule has 0 aromatic heterocycles. The Morgan fingerprint density at radius 2 is 1.95 bits per heavy atom. The number of likely N-dealkylation sites (tertiary alicyclic amines) is 1. The van der Waals surface area contributed by atoms with E-state index in [2.05, 4.69) is 5.32 Å². The maximum absolute atomic E-state index is 12.2. The van der Waals surface area contributed by atoms with Gasteiger partial charge in [0.1, 0.15) is 0 Å². The van der Waals surface area contributed by atoms with E-state index in [0.717, 1.165) is 25.9 Å². The number of amides is 1. The van der Waals surface area contributed by atoms with Crippen molar-refractivity contribution in [1.82, 2.24) is 15.1 Å². The van der Waals surface area contributed by atoms with Crippen molar-refractivity contribution >= 4 is 15.7 Å². The third-order valence-corrected chi connectivity index (χ3v) is 5.59. The Hall–Kier alpha value is -0.660. The average Bonchev–Trinajstić information content (AvgIpc) is 2.41. The Morgan fingerprint density at radius 3 is 2.58 bits per heavy atom. The number of likely N-dealkylation sites (N-methyl/N-ethyl adjacent to an activating group) is 1. The van der Waals surface area contributed by atoms with E-state index in [0.29, 0.717) is 25.7 Å². The van der Waals surface area contributed by atoms with Crippen molar-refractivity contribution in [3.8, 4) is 0 Å². The number of nitrogens with one attached hydrogen (secondary N) is 1. The third-order valence-electron chi connectivity index (χ3n) is 3.98. The monoisotopic (exact) mass is 289 g/mol. The zero-order valence-electron chi connectivity index (χ0n) is 11.5. The molecule has 2 heterocycles. The SMILES string of the molecule is CNC1CCCN(C(=O)CN2CCS(=O)(=O)CC2)C1. The molecule has 2 aliphatic heterocycles. The van der Waals surface area contributed by atoms with Crippen LogP contribution in [0.15, 0.2) is 0 Å². The molecule has 0 aliphatic carbocycles. The van der Waals surface area contributed by atoms with E-state index >= 15 is 0 Å². The van der Waals surface area contributed by atoms with E-state index in [-0.39, 0.29) is 17.4 Å². The molecule has 0 spiro atoms. The number of sulfone groups is 1. The maximum atomic E-state index is 12.2. The smallest absolute Gasteiger partial charge is 0.236 e. The van der Waals surface area contributed by atoms with Crippen molar-refractivity contribution in [2.75, 3.05) is 51.3 Å². The van der Waals surface area contributed by atoms with Gasteiger partial charge in [0.25, 0.3) is 0 Å². The van der Waals surface area contributed by atoms with Gasteiger partial charge in [-0.2, -0.15) is 0 Å². The predicted octanol–water partition coefficient (Wildman–Crippen LogP) is -1.07. The van der Waals surface area contributed by atoms with Crippen molar-refractivity contribution in [1.29, 1.82) is 0 Å². The zero-order valence-corrected chi connectivity index (χ0v) is 12.3. The van der Waals surface area contributed by atoms with Crippen LogP contribution in [0.1, 0.15) is 12.8 Å². The van der Waals surface area contributed by atoms with Crippen molar-refractivity contribution in [3.05, 3.63) is 0 Å².